The average Bonchev–Trinajstić information content (AvgIpc) is 3.06. The van der Waals surface area contributed by atoms with Crippen molar-refractivity contribution in [1.29, 1.82) is 0 Å². The predicted molar refractivity (Wildman–Crippen MR) is 111 cm³/mol. The molecule has 0 radical (unpaired) electrons. The molecule has 4 rings (SSSR count). The Morgan fingerprint density at radius 3 is 2.68 bits per heavy atom. The Morgan fingerprint density at radius 2 is 1.89 bits per heavy atom. The fourth-order valence-electron chi connectivity index (χ4n) is 3.63. The molecule has 1 saturated heterocycles. The van der Waals surface area contributed by atoms with Gasteiger partial charge < -0.3 is 10.2 Å². The van der Waals surface area contributed by atoms with E-state index in [1.54, 1.807) is 4.90 Å². The highest BCUT2D eigenvalue weighted by Crippen LogP contribution is 2.29. The van der Waals surface area contributed by atoms with Crippen molar-refractivity contribution in [2.45, 2.75) is 27.2 Å². The Hall–Kier alpha value is -3.21. The van der Waals surface area contributed by atoms with Gasteiger partial charge >= 0.3 is 0 Å². The molecule has 3 aromatic rings. The number of hydrogen-bond acceptors (Lipinski definition) is 3. The summed E-state index contributed by atoms with van der Waals surface area (Å²) < 4.78 is 0. The number of nitrogens with zero attached hydrogens (tertiary/aromatic N) is 2. The first kappa shape index (κ1) is 18.2. The largest absolute Gasteiger partial charge is 0.325 e. The lowest BCUT2D eigenvalue weighted by Crippen LogP contribution is -2.28. The monoisotopic (exact) mass is 373 g/mol. The van der Waals surface area contributed by atoms with Gasteiger partial charge in [-0.15, -0.1) is 0 Å². The van der Waals surface area contributed by atoms with Gasteiger partial charge in [0.2, 0.25) is 11.8 Å². The van der Waals surface area contributed by atoms with Crippen LogP contribution in [0.15, 0.2) is 48.5 Å². The Balaban J connectivity index is 1.53. The van der Waals surface area contributed by atoms with Crippen LogP contribution in [0.5, 0.6) is 0 Å². The van der Waals surface area contributed by atoms with Gasteiger partial charge in [0.15, 0.2) is 0 Å². The molecule has 0 aliphatic carbocycles. The number of aromatic nitrogens is 1. The summed E-state index contributed by atoms with van der Waals surface area (Å²) in [5.74, 6) is -0.519. The normalized spacial score (nSPS) is 16.6. The van der Waals surface area contributed by atoms with Crippen LogP contribution in [-0.2, 0) is 9.59 Å². The van der Waals surface area contributed by atoms with Crippen molar-refractivity contribution < 1.29 is 9.59 Å². The van der Waals surface area contributed by atoms with Crippen molar-refractivity contribution in [3.8, 4) is 0 Å². The minimum absolute atomic E-state index is 0.0152. The van der Waals surface area contributed by atoms with E-state index in [-0.39, 0.29) is 24.2 Å². The maximum atomic E-state index is 12.9. The summed E-state index contributed by atoms with van der Waals surface area (Å²) in [4.78, 5) is 31.6. The molecule has 2 amide bonds. The summed E-state index contributed by atoms with van der Waals surface area (Å²) in [6, 6.07) is 15.5. The number of aryl methyl sites for hydroxylation is 3. The zero-order chi connectivity index (χ0) is 19.8. The first-order valence-corrected chi connectivity index (χ1v) is 9.47. The highest BCUT2D eigenvalue weighted by atomic mass is 16.2. The van der Waals surface area contributed by atoms with Crippen molar-refractivity contribution in [1.82, 2.24) is 4.98 Å². The second kappa shape index (κ2) is 7.08. The first-order valence-electron chi connectivity index (χ1n) is 9.47. The van der Waals surface area contributed by atoms with Crippen LogP contribution >= 0.6 is 0 Å². The van der Waals surface area contributed by atoms with E-state index in [0.29, 0.717) is 6.54 Å². The molecule has 142 valence electrons. The van der Waals surface area contributed by atoms with Crippen LogP contribution in [0, 0.1) is 26.7 Å². The Kier molecular flexibility index (Phi) is 4.59. The second-order valence-corrected chi connectivity index (χ2v) is 7.49. The van der Waals surface area contributed by atoms with E-state index in [0.717, 1.165) is 33.5 Å². The van der Waals surface area contributed by atoms with Crippen molar-refractivity contribution in [3.63, 3.8) is 0 Å². The van der Waals surface area contributed by atoms with Crippen molar-refractivity contribution in [2.24, 2.45) is 5.92 Å². The summed E-state index contributed by atoms with van der Waals surface area (Å²) in [7, 11) is 0. The van der Waals surface area contributed by atoms with Gasteiger partial charge in [-0.3, -0.25) is 14.6 Å². The number of fused-ring (bicyclic) bond motifs is 1. The highest BCUT2D eigenvalue weighted by molar-refractivity contribution is 6.06. The molecule has 1 N–H and O–H groups in total. The SMILES string of the molecule is Cc1ccc2c(NC(=O)C3CC(=O)N(c4ccc(C)c(C)c4)C3)cccc2n1. The van der Waals surface area contributed by atoms with Crippen LogP contribution in [0.3, 0.4) is 0 Å². The Morgan fingerprint density at radius 1 is 1.07 bits per heavy atom. The third kappa shape index (κ3) is 3.36. The number of amides is 2. The van der Waals surface area contributed by atoms with Crippen LogP contribution in [0.2, 0.25) is 0 Å². The van der Waals surface area contributed by atoms with Crippen LogP contribution in [0.25, 0.3) is 10.9 Å². The molecule has 1 aromatic heterocycles. The number of anilines is 2. The van der Waals surface area contributed by atoms with Gasteiger partial charge in [-0.05, 0) is 68.3 Å². The number of rotatable bonds is 3. The topological polar surface area (TPSA) is 62.3 Å². The number of carbonyl (C=O) groups is 2. The van der Waals surface area contributed by atoms with E-state index < -0.39 is 0 Å². The maximum Gasteiger partial charge on any atom is 0.229 e. The molecule has 2 aromatic carbocycles. The third-order valence-corrected chi connectivity index (χ3v) is 5.43. The fraction of sp³-hybridized carbons (Fsp3) is 0.261. The van der Waals surface area contributed by atoms with Gasteiger partial charge in [-0.2, -0.15) is 0 Å². The molecular weight excluding hydrogens is 350 g/mol. The summed E-state index contributed by atoms with van der Waals surface area (Å²) in [6.07, 6.45) is 0.223. The molecule has 1 atom stereocenters. The van der Waals surface area contributed by atoms with Gasteiger partial charge in [-0.1, -0.05) is 12.1 Å². The first-order chi connectivity index (χ1) is 13.4. The van der Waals surface area contributed by atoms with Crippen molar-refractivity contribution in [3.05, 3.63) is 65.4 Å². The molecule has 1 fully saturated rings. The van der Waals surface area contributed by atoms with E-state index in [2.05, 4.69) is 10.3 Å². The van der Waals surface area contributed by atoms with Gasteiger partial charge in [0, 0.05) is 29.7 Å². The lowest BCUT2D eigenvalue weighted by atomic mass is 10.1. The van der Waals surface area contributed by atoms with E-state index >= 15 is 0 Å². The van der Waals surface area contributed by atoms with Gasteiger partial charge in [0.1, 0.15) is 0 Å². The smallest absolute Gasteiger partial charge is 0.229 e. The van der Waals surface area contributed by atoms with Gasteiger partial charge in [0.05, 0.1) is 17.1 Å². The molecular formula is C23H23N3O2. The lowest BCUT2D eigenvalue weighted by molar-refractivity contribution is -0.122. The van der Waals surface area contributed by atoms with E-state index in [4.69, 9.17) is 0 Å². The summed E-state index contributed by atoms with van der Waals surface area (Å²) in [6.45, 7) is 6.41. The van der Waals surface area contributed by atoms with Crippen LogP contribution in [0.4, 0.5) is 11.4 Å². The molecule has 0 saturated carbocycles. The van der Waals surface area contributed by atoms with E-state index in [1.165, 1.54) is 5.56 Å². The second-order valence-electron chi connectivity index (χ2n) is 7.49. The zero-order valence-electron chi connectivity index (χ0n) is 16.3. The minimum Gasteiger partial charge on any atom is -0.325 e. The molecule has 1 aliphatic rings. The van der Waals surface area contributed by atoms with E-state index in [1.807, 2.05) is 69.3 Å². The Bertz CT molecular complexity index is 1090. The molecule has 1 unspecified atom stereocenters. The predicted octanol–water partition coefficient (Wildman–Crippen LogP) is 4.15. The van der Waals surface area contributed by atoms with Crippen LogP contribution in [0.1, 0.15) is 23.2 Å². The van der Waals surface area contributed by atoms with Gasteiger partial charge in [0.25, 0.3) is 0 Å². The summed E-state index contributed by atoms with van der Waals surface area (Å²) >= 11 is 0. The fourth-order valence-corrected chi connectivity index (χ4v) is 3.63. The number of nitrogens with one attached hydrogen (secondary N) is 1. The molecule has 5 heteroatoms. The molecule has 0 spiro atoms. The highest BCUT2D eigenvalue weighted by Gasteiger charge is 2.35. The average molecular weight is 373 g/mol. The molecule has 5 nitrogen and oxygen atoms in total. The summed E-state index contributed by atoms with van der Waals surface area (Å²) in [5, 5.41) is 3.90. The van der Waals surface area contributed by atoms with Gasteiger partial charge in [-0.25, -0.2) is 0 Å². The van der Waals surface area contributed by atoms with Crippen LogP contribution in [-0.4, -0.2) is 23.3 Å². The maximum absolute atomic E-state index is 12.9. The quantitative estimate of drug-likeness (QED) is 0.750. The molecule has 2 heterocycles. The number of pyridine rings is 1. The van der Waals surface area contributed by atoms with Crippen molar-refractivity contribution in [2.75, 3.05) is 16.8 Å². The number of carbonyl (C=O) groups excluding carboxylic acids is 2. The van der Waals surface area contributed by atoms with Crippen LogP contribution < -0.4 is 10.2 Å². The number of hydrogen-bond donors (Lipinski definition) is 1. The molecule has 1 aliphatic heterocycles. The van der Waals surface area contributed by atoms with Crippen molar-refractivity contribution >= 4 is 34.1 Å². The minimum atomic E-state index is -0.372. The Labute approximate surface area is 164 Å². The standard InChI is InChI=1S/C23H23N3O2/c1-14-7-9-18(11-15(14)2)26-13-17(12-22(26)27)23(28)25-21-6-4-5-20-19(21)10-8-16(3)24-20/h4-11,17H,12-13H2,1-3H3,(H,25,28). The molecule has 28 heavy (non-hydrogen) atoms. The molecule has 0 bridgehead atoms. The number of benzene rings is 2. The zero-order valence-corrected chi connectivity index (χ0v) is 16.3. The van der Waals surface area contributed by atoms with E-state index in [9.17, 15) is 9.59 Å². The third-order valence-electron chi connectivity index (χ3n) is 5.43. The summed E-state index contributed by atoms with van der Waals surface area (Å²) in [5.41, 5.74) is 5.68. The lowest BCUT2D eigenvalue weighted by Gasteiger charge is -2.18.